The van der Waals surface area contributed by atoms with Crippen LogP contribution in [0.25, 0.3) is 0 Å². The van der Waals surface area contributed by atoms with E-state index in [2.05, 4.69) is 11.2 Å². The van der Waals surface area contributed by atoms with Crippen LogP contribution in [0.1, 0.15) is 46.5 Å². The quantitative estimate of drug-likeness (QED) is 0.358. The SMILES string of the molecule is C#CCCC[C@@H]1C[C@H]1OC(O)N[C@H](C(=O)O)C(C)(C)C. The number of unbranched alkanes of at least 4 members (excludes halogenated alkanes) is 1. The molecule has 1 aliphatic carbocycles. The largest absolute Gasteiger partial charge is 0.480 e. The van der Waals surface area contributed by atoms with Crippen LogP contribution in [0.2, 0.25) is 0 Å². The molecule has 4 atom stereocenters. The Balaban J connectivity index is 2.32. The maximum Gasteiger partial charge on any atom is 0.321 e. The van der Waals surface area contributed by atoms with Gasteiger partial charge in [0.1, 0.15) is 6.04 Å². The summed E-state index contributed by atoms with van der Waals surface area (Å²) in [7, 11) is 0. The van der Waals surface area contributed by atoms with E-state index in [0.717, 1.165) is 25.7 Å². The van der Waals surface area contributed by atoms with Crippen molar-refractivity contribution < 1.29 is 19.7 Å². The van der Waals surface area contributed by atoms with Crippen LogP contribution in [0.4, 0.5) is 0 Å². The van der Waals surface area contributed by atoms with Gasteiger partial charge in [-0.3, -0.25) is 10.1 Å². The van der Waals surface area contributed by atoms with Crippen LogP contribution >= 0.6 is 0 Å². The average molecular weight is 283 g/mol. The number of rotatable bonds is 8. The molecule has 0 amide bonds. The Bertz CT molecular complexity index is 369. The molecule has 0 aromatic rings. The van der Waals surface area contributed by atoms with Crippen LogP contribution in [0, 0.1) is 23.7 Å². The fraction of sp³-hybridized carbons (Fsp3) is 0.800. The monoisotopic (exact) mass is 283 g/mol. The summed E-state index contributed by atoms with van der Waals surface area (Å²) in [5.41, 5.74) is -0.508. The third kappa shape index (κ3) is 5.49. The molecule has 1 fully saturated rings. The maximum atomic E-state index is 11.2. The minimum atomic E-state index is -1.25. The highest BCUT2D eigenvalue weighted by Gasteiger charge is 2.40. The van der Waals surface area contributed by atoms with Crippen molar-refractivity contribution in [3.63, 3.8) is 0 Å². The molecule has 0 spiro atoms. The molecule has 5 heteroatoms. The smallest absolute Gasteiger partial charge is 0.321 e. The number of terminal acetylenes is 1. The van der Waals surface area contributed by atoms with Crippen molar-refractivity contribution in [2.24, 2.45) is 11.3 Å². The molecule has 0 bridgehead atoms. The highest BCUT2D eigenvalue weighted by atomic mass is 16.6. The van der Waals surface area contributed by atoms with Gasteiger partial charge in [-0.05, 0) is 30.6 Å². The van der Waals surface area contributed by atoms with Gasteiger partial charge >= 0.3 is 5.97 Å². The zero-order chi connectivity index (χ0) is 15.3. The summed E-state index contributed by atoms with van der Waals surface area (Å²) in [5.74, 6) is 2.02. The predicted molar refractivity (Wildman–Crippen MR) is 75.7 cm³/mol. The van der Waals surface area contributed by atoms with E-state index in [-0.39, 0.29) is 6.10 Å². The second-order valence-corrected chi connectivity index (χ2v) is 6.42. The molecule has 3 N–H and O–H groups in total. The van der Waals surface area contributed by atoms with E-state index in [9.17, 15) is 9.90 Å². The molecule has 0 aromatic carbocycles. The Kier molecular flexibility index (Phi) is 6.00. The number of aliphatic hydroxyl groups is 1. The van der Waals surface area contributed by atoms with Crippen molar-refractivity contribution >= 4 is 5.97 Å². The minimum Gasteiger partial charge on any atom is -0.480 e. The first-order chi connectivity index (χ1) is 9.25. The summed E-state index contributed by atoms with van der Waals surface area (Å²) in [6.07, 6.45) is 7.55. The van der Waals surface area contributed by atoms with Gasteiger partial charge in [-0.15, -0.1) is 12.3 Å². The summed E-state index contributed by atoms with van der Waals surface area (Å²) in [6, 6.07) is -0.865. The fourth-order valence-corrected chi connectivity index (χ4v) is 2.20. The normalized spacial score (nSPS) is 24.8. The molecule has 0 heterocycles. The molecule has 1 rings (SSSR count). The van der Waals surface area contributed by atoms with Gasteiger partial charge in [0.05, 0.1) is 6.10 Å². The van der Waals surface area contributed by atoms with Gasteiger partial charge in [-0.1, -0.05) is 20.8 Å². The van der Waals surface area contributed by atoms with E-state index in [1.54, 1.807) is 20.8 Å². The first-order valence-corrected chi connectivity index (χ1v) is 7.01. The molecule has 0 aliphatic heterocycles. The molecule has 5 nitrogen and oxygen atoms in total. The van der Waals surface area contributed by atoms with Crippen molar-refractivity contribution in [3.05, 3.63) is 0 Å². The van der Waals surface area contributed by atoms with E-state index in [0.29, 0.717) is 5.92 Å². The van der Waals surface area contributed by atoms with Gasteiger partial charge in [0.2, 0.25) is 6.41 Å². The van der Waals surface area contributed by atoms with E-state index in [1.807, 2.05) is 0 Å². The number of hydrogen-bond acceptors (Lipinski definition) is 4. The molecule has 1 unspecified atom stereocenters. The van der Waals surface area contributed by atoms with E-state index in [4.69, 9.17) is 16.3 Å². The summed E-state index contributed by atoms with van der Waals surface area (Å²) in [6.45, 7) is 5.39. The maximum absolute atomic E-state index is 11.2. The first-order valence-electron chi connectivity index (χ1n) is 7.01. The van der Waals surface area contributed by atoms with Crippen LogP contribution in [-0.4, -0.2) is 34.7 Å². The lowest BCUT2D eigenvalue weighted by atomic mass is 9.87. The lowest BCUT2D eigenvalue weighted by Gasteiger charge is -2.29. The van der Waals surface area contributed by atoms with Gasteiger partial charge in [0, 0.05) is 6.42 Å². The minimum absolute atomic E-state index is 0.00434. The number of carboxylic acids is 1. The van der Waals surface area contributed by atoms with E-state index < -0.39 is 23.8 Å². The second-order valence-electron chi connectivity index (χ2n) is 6.42. The number of aliphatic hydroxyl groups excluding tert-OH is 1. The van der Waals surface area contributed by atoms with Crippen LogP contribution in [0.5, 0.6) is 0 Å². The Morgan fingerprint density at radius 3 is 2.70 bits per heavy atom. The molecule has 0 radical (unpaired) electrons. The molecular formula is C15H25NO4. The fourth-order valence-electron chi connectivity index (χ4n) is 2.20. The molecular weight excluding hydrogens is 258 g/mol. The average Bonchev–Trinajstić information content (AvgIpc) is 3.03. The topological polar surface area (TPSA) is 78.8 Å². The molecule has 1 aliphatic rings. The Labute approximate surface area is 120 Å². The van der Waals surface area contributed by atoms with Crippen molar-refractivity contribution in [2.75, 3.05) is 0 Å². The number of ether oxygens (including phenoxy) is 1. The number of carbonyl (C=O) groups is 1. The number of nitrogens with one attached hydrogen (secondary N) is 1. The van der Waals surface area contributed by atoms with Crippen LogP contribution in [-0.2, 0) is 9.53 Å². The zero-order valence-electron chi connectivity index (χ0n) is 12.4. The van der Waals surface area contributed by atoms with Gasteiger partial charge in [-0.2, -0.15) is 0 Å². The highest BCUT2D eigenvalue weighted by molar-refractivity contribution is 5.74. The van der Waals surface area contributed by atoms with E-state index in [1.165, 1.54) is 0 Å². The summed E-state index contributed by atoms with van der Waals surface area (Å²) >= 11 is 0. The molecule has 0 saturated heterocycles. The van der Waals surface area contributed by atoms with Crippen molar-refractivity contribution in [3.8, 4) is 12.3 Å². The summed E-state index contributed by atoms with van der Waals surface area (Å²) < 4.78 is 5.41. The lowest BCUT2D eigenvalue weighted by Crippen LogP contribution is -2.51. The van der Waals surface area contributed by atoms with Crippen molar-refractivity contribution in [1.29, 1.82) is 0 Å². The van der Waals surface area contributed by atoms with Crippen LogP contribution in [0.15, 0.2) is 0 Å². The van der Waals surface area contributed by atoms with Gasteiger partial charge in [-0.25, -0.2) is 0 Å². The van der Waals surface area contributed by atoms with E-state index >= 15 is 0 Å². The standard InChI is InChI=1S/C15H25NO4/c1-5-6-7-8-10-9-11(10)20-14(19)16-12(13(17)18)15(2,3)4/h1,10-12,14,16,19H,6-9H2,2-4H3,(H,17,18)/t10-,11-,12-,14?/m1/s1. The first kappa shape index (κ1) is 17.0. The molecule has 1 saturated carbocycles. The van der Waals surface area contributed by atoms with Gasteiger partial charge in [0.25, 0.3) is 0 Å². The van der Waals surface area contributed by atoms with Gasteiger partial charge < -0.3 is 14.9 Å². The Morgan fingerprint density at radius 2 is 2.20 bits per heavy atom. The molecule has 0 aromatic heterocycles. The Hall–Kier alpha value is -1.09. The molecule has 20 heavy (non-hydrogen) atoms. The lowest BCUT2D eigenvalue weighted by molar-refractivity contribution is -0.161. The third-order valence-corrected chi connectivity index (χ3v) is 3.48. The highest BCUT2D eigenvalue weighted by Crippen LogP contribution is 2.38. The summed E-state index contributed by atoms with van der Waals surface area (Å²) in [4.78, 5) is 11.2. The number of aliphatic carboxylic acids is 1. The zero-order valence-corrected chi connectivity index (χ0v) is 12.4. The predicted octanol–water partition coefficient (Wildman–Crippen LogP) is 1.56. The van der Waals surface area contributed by atoms with Crippen molar-refractivity contribution in [1.82, 2.24) is 5.32 Å². The third-order valence-electron chi connectivity index (χ3n) is 3.48. The number of carboxylic acid groups (broad SMARTS) is 1. The summed E-state index contributed by atoms with van der Waals surface area (Å²) in [5, 5.41) is 21.6. The second kappa shape index (κ2) is 7.07. The van der Waals surface area contributed by atoms with Crippen LogP contribution in [0.3, 0.4) is 0 Å². The Morgan fingerprint density at radius 1 is 1.55 bits per heavy atom. The van der Waals surface area contributed by atoms with Crippen molar-refractivity contribution in [2.45, 2.75) is 65.0 Å². The van der Waals surface area contributed by atoms with Crippen LogP contribution < -0.4 is 5.32 Å². The van der Waals surface area contributed by atoms with Gasteiger partial charge in [0.15, 0.2) is 0 Å². The molecule has 114 valence electrons. The number of hydrogen-bond donors (Lipinski definition) is 3.